The highest BCUT2D eigenvalue weighted by Gasteiger charge is 2.21. The van der Waals surface area contributed by atoms with Crippen molar-refractivity contribution in [1.82, 2.24) is 19.9 Å². The monoisotopic (exact) mass is 312 g/mol. The maximum absolute atomic E-state index is 6.19. The van der Waals surface area contributed by atoms with E-state index in [1.165, 1.54) is 0 Å². The van der Waals surface area contributed by atoms with Crippen LogP contribution >= 0.6 is 23.2 Å². The zero-order valence-electron chi connectivity index (χ0n) is 11.3. The summed E-state index contributed by atoms with van der Waals surface area (Å²) in [4.78, 5) is 21.3. The van der Waals surface area contributed by atoms with Gasteiger partial charge in [-0.3, -0.25) is 0 Å². The third-order valence-corrected chi connectivity index (χ3v) is 3.68. The van der Waals surface area contributed by atoms with E-state index >= 15 is 0 Å². The summed E-state index contributed by atoms with van der Waals surface area (Å²) in [5.41, 5.74) is 1.08. The molecule has 0 saturated carbocycles. The Morgan fingerprint density at radius 3 is 2.35 bits per heavy atom. The number of nitrogens with zero attached hydrogens (tertiary/aromatic N) is 6. The number of fused-ring (bicyclic) bond motifs is 1. The summed E-state index contributed by atoms with van der Waals surface area (Å²) < 4.78 is 0. The van der Waals surface area contributed by atoms with Crippen molar-refractivity contribution in [2.24, 2.45) is 0 Å². The molecule has 0 aromatic carbocycles. The smallest absolute Gasteiger partial charge is 0.226 e. The van der Waals surface area contributed by atoms with Crippen LogP contribution in [0.3, 0.4) is 0 Å². The van der Waals surface area contributed by atoms with Crippen LogP contribution in [-0.4, -0.2) is 47.1 Å². The Labute approximate surface area is 126 Å². The zero-order chi connectivity index (χ0) is 14.3. The van der Waals surface area contributed by atoms with Crippen LogP contribution < -0.4 is 9.80 Å². The van der Waals surface area contributed by atoms with E-state index in [0.717, 1.165) is 31.7 Å². The van der Waals surface area contributed by atoms with Gasteiger partial charge in [0.15, 0.2) is 28.0 Å². The van der Waals surface area contributed by atoms with E-state index in [2.05, 4.69) is 24.8 Å². The molecule has 2 aromatic rings. The summed E-state index contributed by atoms with van der Waals surface area (Å²) in [7, 11) is 3.71. The van der Waals surface area contributed by atoms with Crippen molar-refractivity contribution >= 4 is 46.0 Å². The summed E-state index contributed by atoms with van der Waals surface area (Å²) >= 11 is 12.2. The standard InChI is InChI=1S/C12H14Cl2N6/c1-19(2)11-8(13)15-7-9(16-11)17-12(14)18-10(7)20-5-3-4-6-20/h3-6H2,1-2H3. The van der Waals surface area contributed by atoms with Gasteiger partial charge in [0.2, 0.25) is 5.28 Å². The van der Waals surface area contributed by atoms with Crippen LogP contribution in [0.5, 0.6) is 0 Å². The Morgan fingerprint density at radius 2 is 1.70 bits per heavy atom. The lowest BCUT2D eigenvalue weighted by atomic mass is 10.4. The molecule has 2 aromatic heterocycles. The summed E-state index contributed by atoms with van der Waals surface area (Å²) in [5, 5.41) is 0.523. The number of hydrogen-bond donors (Lipinski definition) is 0. The van der Waals surface area contributed by atoms with Gasteiger partial charge in [0.05, 0.1) is 0 Å². The predicted octanol–water partition coefficient (Wildman–Crippen LogP) is 2.39. The molecule has 3 heterocycles. The molecule has 0 spiro atoms. The average molecular weight is 313 g/mol. The third kappa shape index (κ3) is 2.33. The molecular formula is C12H14Cl2N6. The molecule has 3 rings (SSSR count). The number of anilines is 2. The normalized spacial score (nSPS) is 15.1. The Hall–Kier alpha value is -1.40. The minimum atomic E-state index is 0.181. The summed E-state index contributed by atoms with van der Waals surface area (Å²) in [6, 6.07) is 0. The first kappa shape index (κ1) is 13.6. The topological polar surface area (TPSA) is 58.0 Å². The molecule has 1 aliphatic heterocycles. The van der Waals surface area contributed by atoms with Crippen molar-refractivity contribution in [2.75, 3.05) is 37.0 Å². The second-order valence-electron chi connectivity index (χ2n) is 4.92. The summed E-state index contributed by atoms with van der Waals surface area (Å²) in [5.74, 6) is 1.29. The Balaban J connectivity index is 2.22. The minimum absolute atomic E-state index is 0.181. The van der Waals surface area contributed by atoms with Gasteiger partial charge in [-0.2, -0.15) is 9.97 Å². The van der Waals surface area contributed by atoms with Crippen LogP contribution in [0.2, 0.25) is 10.4 Å². The number of rotatable bonds is 2. The first-order chi connectivity index (χ1) is 9.56. The molecule has 8 heteroatoms. The molecule has 0 bridgehead atoms. The summed E-state index contributed by atoms with van der Waals surface area (Å²) in [6.45, 7) is 1.88. The van der Waals surface area contributed by atoms with E-state index in [1.807, 2.05) is 14.1 Å². The van der Waals surface area contributed by atoms with Crippen molar-refractivity contribution in [1.29, 1.82) is 0 Å². The molecule has 6 nitrogen and oxygen atoms in total. The number of hydrogen-bond acceptors (Lipinski definition) is 6. The van der Waals surface area contributed by atoms with Crippen LogP contribution in [0, 0.1) is 0 Å². The highest BCUT2D eigenvalue weighted by molar-refractivity contribution is 6.32. The molecule has 20 heavy (non-hydrogen) atoms. The highest BCUT2D eigenvalue weighted by Crippen LogP contribution is 2.29. The summed E-state index contributed by atoms with van der Waals surface area (Å²) in [6.07, 6.45) is 2.28. The maximum atomic E-state index is 6.19. The van der Waals surface area contributed by atoms with E-state index < -0.39 is 0 Å². The maximum Gasteiger partial charge on any atom is 0.226 e. The van der Waals surface area contributed by atoms with Gasteiger partial charge in [-0.15, -0.1) is 0 Å². The Bertz CT molecular complexity index is 654. The van der Waals surface area contributed by atoms with Gasteiger partial charge in [-0.05, 0) is 24.4 Å². The van der Waals surface area contributed by atoms with Crippen molar-refractivity contribution in [3.05, 3.63) is 10.4 Å². The van der Waals surface area contributed by atoms with Gasteiger partial charge in [-0.25, -0.2) is 9.97 Å². The predicted molar refractivity (Wildman–Crippen MR) is 80.9 cm³/mol. The van der Waals surface area contributed by atoms with Gasteiger partial charge in [0, 0.05) is 27.2 Å². The average Bonchev–Trinajstić information content (AvgIpc) is 2.91. The largest absolute Gasteiger partial charge is 0.360 e. The Kier molecular flexibility index (Phi) is 3.52. The molecule has 1 fully saturated rings. The van der Waals surface area contributed by atoms with Crippen LogP contribution in [0.25, 0.3) is 11.2 Å². The van der Waals surface area contributed by atoms with Gasteiger partial charge < -0.3 is 9.80 Å². The second kappa shape index (κ2) is 5.18. The number of halogens is 2. The van der Waals surface area contributed by atoms with Crippen molar-refractivity contribution < 1.29 is 0 Å². The Morgan fingerprint density at radius 1 is 1.00 bits per heavy atom. The lowest BCUT2D eigenvalue weighted by Crippen LogP contribution is -2.20. The molecule has 1 aliphatic rings. The van der Waals surface area contributed by atoms with E-state index in [-0.39, 0.29) is 5.28 Å². The van der Waals surface area contributed by atoms with Crippen molar-refractivity contribution in [2.45, 2.75) is 12.8 Å². The lowest BCUT2D eigenvalue weighted by Gasteiger charge is -2.19. The molecule has 1 saturated heterocycles. The highest BCUT2D eigenvalue weighted by atomic mass is 35.5. The molecule has 0 radical (unpaired) electrons. The van der Waals surface area contributed by atoms with Crippen LogP contribution in [0.4, 0.5) is 11.6 Å². The van der Waals surface area contributed by atoms with Gasteiger partial charge in [0.1, 0.15) is 0 Å². The third-order valence-electron chi connectivity index (χ3n) is 3.26. The molecule has 106 valence electrons. The first-order valence-electron chi connectivity index (χ1n) is 6.39. The van der Waals surface area contributed by atoms with E-state index in [1.54, 1.807) is 4.90 Å². The van der Waals surface area contributed by atoms with Crippen LogP contribution in [0.1, 0.15) is 12.8 Å². The second-order valence-corrected chi connectivity index (χ2v) is 5.61. The minimum Gasteiger partial charge on any atom is -0.360 e. The van der Waals surface area contributed by atoms with Crippen LogP contribution in [0.15, 0.2) is 0 Å². The molecule has 0 atom stereocenters. The van der Waals surface area contributed by atoms with Crippen molar-refractivity contribution in [3.8, 4) is 0 Å². The van der Waals surface area contributed by atoms with E-state index in [9.17, 15) is 0 Å². The van der Waals surface area contributed by atoms with Gasteiger partial charge in [-0.1, -0.05) is 11.6 Å². The fraction of sp³-hybridized carbons (Fsp3) is 0.500. The lowest BCUT2D eigenvalue weighted by molar-refractivity contribution is 0.931. The van der Waals surface area contributed by atoms with E-state index in [4.69, 9.17) is 23.2 Å². The fourth-order valence-electron chi connectivity index (χ4n) is 2.31. The van der Waals surface area contributed by atoms with Crippen molar-refractivity contribution in [3.63, 3.8) is 0 Å². The SMILES string of the molecule is CN(C)c1nc2nc(Cl)nc(N3CCCC3)c2nc1Cl. The molecule has 0 N–H and O–H groups in total. The quantitative estimate of drug-likeness (QED) is 0.794. The molecule has 0 amide bonds. The molecule has 0 aliphatic carbocycles. The fourth-order valence-corrected chi connectivity index (χ4v) is 2.77. The number of aromatic nitrogens is 4. The molecular weight excluding hydrogens is 299 g/mol. The van der Waals surface area contributed by atoms with Crippen LogP contribution in [-0.2, 0) is 0 Å². The van der Waals surface area contributed by atoms with E-state index in [0.29, 0.717) is 22.1 Å². The first-order valence-corrected chi connectivity index (χ1v) is 7.15. The van der Waals surface area contributed by atoms with Gasteiger partial charge >= 0.3 is 0 Å². The molecule has 0 unspecified atom stereocenters. The zero-order valence-corrected chi connectivity index (χ0v) is 12.8. The van der Waals surface area contributed by atoms with Gasteiger partial charge in [0.25, 0.3) is 0 Å².